The van der Waals surface area contributed by atoms with Crippen LogP contribution in [0.1, 0.15) is 66.1 Å². The van der Waals surface area contributed by atoms with Crippen molar-refractivity contribution in [2.75, 3.05) is 0 Å². The van der Waals surface area contributed by atoms with Crippen molar-refractivity contribution in [2.24, 2.45) is 28.1 Å². The van der Waals surface area contributed by atoms with Crippen molar-refractivity contribution in [3.8, 4) is 0 Å². The van der Waals surface area contributed by atoms with Gasteiger partial charge in [-0.2, -0.15) is 0 Å². The predicted molar refractivity (Wildman–Crippen MR) is 127 cm³/mol. The van der Waals surface area contributed by atoms with Gasteiger partial charge in [-0.05, 0) is 38.2 Å². The smallest absolute Gasteiger partial charge is 0.339 e. The Hall–Kier alpha value is -2.65. The van der Waals surface area contributed by atoms with Crippen LogP contribution >= 0.6 is 0 Å². The number of hydrogen-bond acceptors (Lipinski definition) is 9. The van der Waals surface area contributed by atoms with Gasteiger partial charge in [-0.3, -0.25) is 4.79 Å². The Morgan fingerprint density at radius 2 is 1.86 bits per heavy atom. The van der Waals surface area contributed by atoms with Crippen molar-refractivity contribution in [3.63, 3.8) is 0 Å². The molecule has 10 atom stereocenters. The van der Waals surface area contributed by atoms with Gasteiger partial charge in [0.15, 0.2) is 6.10 Å². The van der Waals surface area contributed by atoms with E-state index in [1.54, 1.807) is 12.3 Å². The highest BCUT2D eigenvalue weighted by molar-refractivity contribution is 5.83. The zero-order valence-electron chi connectivity index (χ0n) is 22.0. The molecule has 0 radical (unpaired) electrons. The first kappa shape index (κ1) is 24.7. The van der Waals surface area contributed by atoms with Crippen LogP contribution in [0.5, 0.6) is 0 Å². The summed E-state index contributed by atoms with van der Waals surface area (Å²) >= 11 is 0. The standard InChI is InChI=1S/C28H34O9/c1-14(29)34-16-12-26(5)21(15-8-10-33-13-15)35-23(32)22-28(26,37-22)27(6)18(30)11-17-24(2,3)36-19(31)7-9-25(17,4)20(16)27/h7-10,13,16-18,20-22,30H,11-12H2,1-6H3/t16-,17-,18+,20+,21-,22+,25-,26-,27+,28+/m0/s1. The number of rotatable bonds is 2. The van der Waals surface area contributed by atoms with Crippen LogP contribution < -0.4 is 0 Å². The summed E-state index contributed by atoms with van der Waals surface area (Å²) in [6.45, 7) is 11.0. The van der Waals surface area contributed by atoms with Crippen molar-refractivity contribution in [2.45, 2.75) is 90.0 Å². The Labute approximate surface area is 215 Å². The molecule has 2 aliphatic carbocycles. The molecule has 4 heterocycles. The lowest BCUT2D eigenvalue weighted by Crippen LogP contribution is -2.75. The molecule has 1 N–H and O–H groups in total. The van der Waals surface area contributed by atoms with Gasteiger partial charge in [-0.25, -0.2) is 9.59 Å². The summed E-state index contributed by atoms with van der Waals surface area (Å²) in [5, 5.41) is 12.1. The van der Waals surface area contributed by atoms with Crippen LogP contribution in [0.15, 0.2) is 35.2 Å². The normalized spacial score (nSPS) is 49.3. The molecular weight excluding hydrogens is 480 g/mol. The molecule has 5 aliphatic rings. The molecule has 200 valence electrons. The fraction of sp³-hybridized carbons (Fsp3) is 0.679. The van der Waals surface area contributed by atoms with Crippen LogP contribution in [0.3, 0.4) is 0 Å². The fourth-order valence-electron chi connectivity index (χ4n) is 9.23. The van der Waals surface area contributed by atoms with Crippen molar-refractivity contribution >= 4 is 17.9 Å². The van der Waals surface area contributed by atoms with Crippen LogP contribution in [0.4, 0.5) is 0 Å². The summed E-state index contributed by atoms with van der Waals surface area (Å²) < 4.78 is 29.5. The highest BCUT2D eigenvalue weighted by Gasteiger charge is 2.89. The van der Waals surface area contributed by atoms with E-state index in [2.05, 4.69) is 0 Å². The Morgan fingerprint density at radius 1 is 1.14 bits per heavy atom. The number of aliphatic hydroxyl groups is 1. The maximum atomic E-state index is 13.3. The number of carbonyl (C=O) groups is 3. The van der Waals surface area contributed by atoms with Crippen LogP contribution in [-0.4, -0.2) is 52.5 Å². The molecule has 1 aromatic heterocycles. The average molecular weight is 515 g/mol. The van der Waals surface area contributed by atoms with Crippen LogP contribution in [-0.2, 0) is 33.3 Å². The summed E-state index contributed by atoms with van der Waals surface area (Å²) in [5.41, 5.74) is -3.92. The predicted octanol–water partition coefficient (Wildman–Crippen LogP) is 3.26. The molecule has 9 heteroatoms. The molecule has 0 bridgehead atoms. The van der Waals surface area contributed by atoms with Crippen molar-refractivity contribution < 1.29 is 42.9 Å². The first-order valence-electron chi connectivity index (χ1n) is 12.9. The van der Waals surface area contributed by atoms with E-state index in [1.165, 1.54) is 19.3 Å². The molecule has 2 saturated heterocycles. The van der Waals surface area contributed by atoms with Crippen molar-refractivity contribution in [3.05, 3.63) is 36.3 Å². The van der Waals surface area contributed by atoms with E-state index in [0.29, 0.717) is 18.4 Å². The SMILES string of the molecule is CC(=O)O[C@H]1C[C@@]2(C)[C@H](c3ccoc3)OC(=O)[C@H]3O[C@]32[C@]2(C)[C@H](O)C[C@H]3C(C)(C)OC(=O)C=C[C@]3(C)[C@@H]12. The van der Waals surface area contributed by atoms with Gasteiger partial charge in [0.1, 0.15) is 23.4 Å². The van der Waals surface area contributed by atoms with Gasteiger partial charge in [0.05, 0.1) is 18.6 Å². The largest absolute Gasteiger partial charge is 0.472 e. The van der Waals surface area contributed by atoms with Crippen LogP contribution in [0.25, 0.3) is 0 Å². The number of allylic oxidation sites excluding steroid dienone is 1. The molecule has 1 spiro atoms. The average Bonchev–Trinajstić information content (AvgIpc) is 3.39. The second-order valence-corrected chi connectivity index (χ2v) is 12.7. The minimum atomic E-state index is -1.08. The summed E-state index contributed by atoms with van der Waals surface area (Å²) in [5.74, 6) is -2.16. The van der Waals surface area contributed by atoms with E-state index in [4.69, 9.17) is 23.4 Å². The van der Waals surface area contributed by atoms with Gasteiger partial charge in [0.2, 0.25) is 0 Å². The number of furan rings is 1. The number of cyclic esters (lactones) is 2. The zero-order valence-corrected chi connectivity index (χ0v) is 22.0. The number of hydrogen-bond donors (Lipinski definition) is 1. The van der Waals surface area contributed by atoms with Gasteiger partial charge >= 0.3 is 17.9 Å². The van der Waals surface area contributed by atoms with Crippen molar-refractivity contribution in [1.29, 1.82) is 0 Å². The minimum absolute atomic E-state index is 0.285. The summed E-state index contributed by atoms with van der Waals surface area (Å²) in [7, 11) is 0. The lowest BCUT2D eigenvalue weighted by molar-refractivity contribution is -0.281. The highest BCUT2D eigenvalue weighted by atomic mass is 16.7. The Morgan fingerprint density at radius 3 is 2.51 bits per heavy atom. The Balaban J connectivity index is 1.59. The summed E-state index contributed by atoms with van der Waals surface area (Å²) in [4.78, 5) is 38.3. The van der Waals surface area contributed by atoms with E-state index >= 15 is 0 Å². The lowest BCUT2D eigenvalue weighted by atomic mass is 9.36. The van der Waals surface area contributed by atoms with Gasteiger partial charge in [0.25, 0.3) is 0 Å². The third-order valence-corrected chi connectivity index (χ3v) is 10.5. The quantitative estimate of drug-likeness (QED) is 0.360. The van der Waals surface area contributed by atoms with Crippen molar-refractivity contribution in [1.82, 2.24) is 0 Å². The second-order valence-electron chi connectivity index (χ2n) is 12.7. The molecule has 0 aromatic carbocycles. The van der Waals surface area contributed by atoms with Gasteiger partial charge < -0.3 is 28.5 Å². The minimum Gasteiger partial charge on any atom is -0.472 e. The Bertz CT molecular complexity index is 1200. The molecule has 6 rings (SSSR count). The monoisotopic (exact) mass is 514 g/mol. The van der Waals surface area contributed by atoms with Gasteiger partial charge in [0, 0.05) is 41.2 Å². The van der Waals surface area contributed by atoms with Gasteiger partial charge in [-0.15, -0.1) is 0 Å². The molecule has 37 heavy (non-hydrogen) atoms. The lowest BCUT2D eigenvalue weighted by Gasteiger charge is -2.68. The van der Waals surface area contributed by atoms with E-state index in [9.17, 15) is 19.5 Å². The Kier molecular flexibility index (Phi) is 4.84. The topological polar surface area (TPSA) is 125 Å². The molecule has 3 aliphatic heterocycles. The number of fused-ring (bicyclic) bond motifs is 3. The van der Waals surface area contributed by atoms with E-state index in [0.717, 1.165) is 0 Å². The molecule has 0 amide bonds. The molecule has 0 unspecified atom stereocenters. The zero-order chi connectivity index (χ0) is 26.8. The van der Waals surface area contributed by atoms with Crippen LogP contribution in [0, 0.1) is 28.1 Å². The molecule has 9 nitrogen and oxygen atoms in total. The summed E-state index contributed by atoms with van der Waals surface area (Å²) in [6, 6.07) is 1.75. The highest BCUT2D eigenvalue weighted by Crippen LogP contribution is 2.79. The molecular formula is C28H34O9. The molecule has 1 aromatic rings. The van der Waals surface area contributed by atoms with Gasteiger partial charge in [-0.1, -0.05) is 26.8 Å². The summed E-state index contributed by atoms with van der Waals surface area (Å²) in [6.07, 6.45) is 3.79. The van der Waals surface area contributed by atoms with E-state index < -0.39 is 75.7 Å². The maximum absolute atomic E-state index is 13.3. The molecule has 4 fully saturated rings. The number of carbonyl (C=O) groups excluding carboxylic acids is 3. The third-order valence-electron chi connectivity index (χ3n) is 10.5. The number of esters is 3. The maximum Gasteiger partial charge on any atom is 0.339 e. The fourth-order valence-corrected chi connectivity index (χ4v) is 9.23. The first-order chi connectivity index (χ1) is 17.2. The number of aliphatic hydroxyl groups excluding tert-OH is 1. The number of ether oxygens (including phenoxy) is 4. The first-order valence-corrected chi connectivity index (χ1v) is 12.9. The van der Waals surface area contributed by atoms with Crippen LogP contribution in [0.2, 0.25) is 0 Å². The second kappa shape index (κ2) is 7.26. The van der Waals surface area contributed by atoms with E-state index in [-0.39, 0.29) is 5.92 Å². The number of epoxide rings is 1. The third kappa shape index (κ3) is 2.84. The van der Waals surface area contributed by atoms with E-state index in [1.807, 2.05) is 40.7 Å². The molecule has 2 saturated carbocycles.